The van der Waals surface area contributed by atoms with Gasteiger partial charge in [-0.25, -0.2) is 9.59 Å². The number of carbonyl (C=O) groups is 4. The van der Waals surface area contributed by atoms with E-state index in [0.717, 1.165) is 18.4 Å². The number of anilines is 1. The molecule has 4 rings (SSSR count). The molecule has 0 radical (unpaired) electrons. The molecule has 2 heterocycles. The summed E-state index contributed by atoms with van der Waals surface area (Å²) in [6, 6.07) is 9.98. The highest BCUT2D eigenvalue weighted by atomic mass is 16.5. The predicted molar refractivity (Wildman–Crippen MR) is 147 cm³/mol. The Bertz CT molecular complexity index is 1280. The number of ether oxygens (including phenoxy) is 5. The van der Waals surface area contributed by atoms with Crippen molar-refractivity contribution in [3.63, 3.8) is 0 Å². The van der Waals surface area contributed by atoms with Crippen molar-refractivity contribution < 1.29 is 42.9 Å². The number of Topliss-reactive ketones (excluding diaryl/α,β-unsaturated/α-hetero) is 1. The second kappa shape index (κ2) is 12.5. The number of ketones is 1. The van der Waals surface area contributed by atoms with Crippen molar-refractivity contribution in [2.45, 2.75) is 58.2 Å². The molecule has 0 saturated heterocycles. The van der Waals surface area contributed by atoms with Crippen molar-refractivity contribution in [1.82, 2.24) is 0 Å². The fourth-order valence-electron chi connectivity index (χ4n) is 4.33. The SMILES string of the molecule is COC(=O)c1ccc2c(c1)CC(=O)C(C)(C)O2.COCCCCN1C(=O)C(C)(C)Oc2ccc(C(=O)OC)cc21. The molecule has 0 atom stereocenters. The number of hydrogen-bond donors (Lipinski definition) is 0. The Labute approximate surface area is 234 Å². The van der Waals surface area contributed by atoms with E-state index in [4.69, 9.17) is 18.9 Å². The normalized spacial score (nSPS) is 16.3. The van der Waals surface area contributed by atoms with Crippen LogP contribution in [0.1, 0.15) is 66.8 Å². The lowest BCUT2D eigenvalue weighted by Gasteiger charge is -2.39. The second-order valence-corrected chi connectivity index (χ2v) is 10.5. The van der Waals surface area contributed by atoms with Crippen molar-refractivity contribution in [3.05, 3.63) is 53.1 Å². The van der Waals surface area contributed by atoms with Crippen LogP contribution < -0.4 is 14.4 Å². The molecule has 2 aromatic rings. The average molecular weight is 556 g/mol. The molecule has 0 saturated carbocycles. The smallest absolute Gasteiger partial charge is 0.337 e. The van der Waals surface area contributed by atoms with Gasteiger partial charge in [-0.15, -0.1) is 0 Å². The van der Waals surface area contributed by atoms with Gasteiger partial charge < -0.3 is 28.6 Å². The van der Waals surface area contributed by atoms with Crippen LogP contribution in [0.4, 0.5) is 5.69 Å². The van der Waals surface area contributed by atoms with Gasteiger partial charge in [0.1, 0.15) is 11.5 Å². The van der Waals surface area contributed by atoms with E-state index in [-0.39, 0.29) is 18.1 Å². The summed E-state index contributed by atoms with van der Waals surface area (Å²) in [5, 5.41) is 0. The summed E-state index contributed by atoms with van der Waals surface area (Å²) in [4.78, 5) is 49.2. The van der Waals surface area contributed by atoms with Crippen LogP contribution >= 0.6 is 0 Å². The van der Waals surface area contributed by atoms with Crippen LogP contribution in [0.5, 0.6) is 11.5 Å². The van der Waals surface area contributed by atoms with E-state index in [1.165, 1.54) is 14.2 Å². The van der Waals surface area contributed by atoms with Crippen molar-refractivity contribution >= 4 is 29.3 Å². The summed E-state index contributed by atoms with van der Waals surface area (Å²) in [6.45, 7) is 8.17. The van der Waals surface area contributed by atoms with E-state index < -0.39 is 23.1 Å². The molecular formula is C30H37NO9. The first-order valence-electron chi connectivity index (χ1n) is 13.0. The van der Waals surface area contributed by atoms with Crippen LogP contribution in [-0.4, -0.2) is 69.3 Å². The number of hydrogen-bond acceptors (Lipinski definition) is 9. The summed E-state index contributed by atoms with van der Waals surface area (Å²) in [5.41, 5.74) is 0.444. The van der Waals surface area contributed by atoms with Gasteiger partial charge in [-0.2, -0.15) is 0 Å². The van der Waals surface area contributed by atoms with E-state index in [1.54, 1.807) is 76.1 Å². The van der Waals surface area contributed by atoms with Crippen LogP contribution in [0.3, 0.4) is 0 Å². The molecule has 0 unspecified atom stereocenters. The molecule has 10 nitrogen and oxygen atoms in total. The number of unbranched alkanes of at least 4 members (excludes halogenated alkanes) is 1. The minimum atomic E-state index is -0.930. The van der Waals surface area contributed by atoms with Gasteiger partial charge in [-0.1, -0.05) is 0 Å². The Balaban J connectivity index is 0.000000230. The molecule has 0 bridgehead atoms. The number of esters is 2. The Hall–Kier alpha value is -3.92. The number of rotatable bonds is 7. The Kier molecular flexibility index (Phi) is 9.57. The largest absolute Gasteiger partial charge is 0.480 e. The third-order valence-corrected chi connectivity index (χ3v) is 6.65. The number of fused-ring (bicyclic) bond motifs is 2. The van der Waals surface area contributed by atoms with Gasteiger partial charge in [-0.05, 0) is 76.9 Å². The first-order valence-corrected chi connectivity index (χ1v) is 13.0. The lowest BCUT2D eigenvalue weighted by Crippen LogP contribution is -2.52. The van der Waals surface area contributed by atoms with Gasteiger partial charge in [0, 0.05) is 32.2 Å². The molecule has 0 fully saturated rings. The quantitative estimate of drug-likeness (QED) is 0.367. The maximum atomic E-state index is 12.7. The van der Waals surface area contributed by atoms with E-state index in [0.29, 0.717) is 41.5 Å². The van der Waals surface area contributed by atoms with E-state index in [2.05, 4.69) is 4.74 Å². The van der Waals surface area contributed by atoms with Crippen molar-refractivity contribution in [2.24, 2.45) is 0 Å². The standard InChI is InChI=1S/C17H23NO5.C13H14O4/c1-17(2)16(20)18(9-5-6-10-21-3)13-11-12(15(19)22-4)7-8-14(13)23-17;1-13(2)11(14)7-9-6-8(12(15)16-3)4-5-10(9)17-13/h7-8,11H,5-6,9-10H2,1-4H3;4-6H,7H2,1-3H3. The summed E-state index contributed by atoms with van der Waals surface area (Å²) >= 11 is 0. The van der Waals surface area contributed by atoms with Gasteiger partial charge in [0.2, 0.25) is 0 Å². The Morgan fingerprint density at radius 3 is 2.00 bits per heavy atom. The molecular weight excluding hydrogens is 518 g/mol. The Morgan fingerprint density at radius 1 is 0.825 bits per heavy atom. The number of amides is 1. The van der Waals surface area contributed by atoms with Crippen molar-refractivity contribution in [3.8, 4) is 11.5 Å². The fourth-order valence-corrected chi connectivity index (χ4v) is 4.33. The van der Waals surface area contributed by atoms with Gasteiger partial charge in [0.15, 0.2) is 17.0 Å². The predicted octanol–water partition coefficient (Wildman–Crippen LogP) is 4.16. The molecule has 216 valence electrons. The summed E-state index contributed by atoms with van der Waals surface area (Å²) in [5.74, 6) is 0.280. The minimum absolute atomic E-state index is 0.00650. The van der Waals surface area contributed by atoms with Gasteiger partial charge in [-0.3, -0.25) is 9.59 Å². The van der Waals surface area contributed by atoms with Crippen molar-refractivity contribution in [1.29, 1.82) is 0 Å². The topological polar surface area (TPSA) is 118 Å². The second-order valence-electron chi connectivity index (χ2n) is 10.5. The monoisotopic (exact) mass is 555 g/mol. The van der Waals surface area contributed by atoms with Gasteiger partial charge in [0.25, 0.3) is 5.91 Å². The zero-order valence-corrected chi connectivity index (χ0v) is 24.1. The first kappa shape index (κ1) is 30.6. The molecule has 2 aliphatic rings. The maximum absolute atomic E-state index is 12.7. The number of carbonyl (C=O) groups excluding carboxylic acids is 4. The van der Waals surface area contributed by atoms with Crippen LogP contribution in [0, 0.1) is 0 Å². The maximum Gasteiger partial charge on any atom is 0.337 e. The molecule has 0 aromatic heterocycles. The number of nitrogens with zero attached hydrogens (tertiary/aromatic N) is 1. The lowest BCUT2D eigenvalue weighted by molar-refractivity contribution is -0.133. The molecule has 0 N–H and O–H groups in total. The lowest BCUT2D eigenvalue weighted by atomic mass is 9.92. The molecule has 40 heavy (non-hydrogen) atoms. The summed E-state index contributed by atoms with van der Waals surface area (Å²) in [6.07, 6.45) is 1.94. The third-order valence-electron chi connectivity index (χ3n) is 6.65. The third kappa shape index (κ3) is 6.80. The zero-order valence-electron chi connectivity index (χ0n) is 24.1. The fraction of sp³-hybridized carbons (Fsp3) is 0.467. The molecule has 2 aromatic carbocycles. The molecule has 0 aliphatic carbocycles. The highest BCUT2D eigenvalue weighted by Crippen LogP contribution is 2.38. The summed E-state index contributed by atoms with van der Waals surface area (Å²) in [7, 11) is 4.31. The average Bonchev–Trinajstić information content (AvgIpc) is 2.92. The highest BCUT2D eigenvalue weighted by molar-refractivity contribution is 6.03. The summed E-state index contributed by atoms with van der Waals surface area (Å²) < 4.78 is 25.8. The highest BCUT2D eigenvalue weighted by Gasteiger charge is 2.41. The van der Waals surface area contributed by atoms with E-state index in [1.807, 2.05) is 0 Å². The molecule has 2 aliphatic heterocycles. The van der Waals surface area contributed by atoms with Gasteiger partial charge in [0.05, 0.1) is 31.0 Å². The van der Waals surface area contributed by atoms with E-state index in [9.17, 15) is 19.2 Å². The zero-order chi connectivity index (χ0) is 29.7. The molecule has 0 spiro atoms. The van der Waals surface area contributed by atoms with Gasteiger partial charge >= 0.3 is 11.9 Å². The Morgan fingerprint density at radius 2 is 1.40 bits per heavy atom. The number of benzene rings is 2. The minimum Gasteiger partial charge on any atom is -0.480 e. The van der Waals surface area contributed by atoms with Crippen LogP contribution in [-0.2, 0) is 30.2 Å². The van der Waals surface area contributed by atoms with Crippen LogP contribution in [0.15, 0.2) is 36.4 Å². The van der Waals surface area contributed by atoms with Crippen molar-refractivity contribution in [2.75, 3.05) is 39.4 Å². The van der Waals surface area contributed by atoms with Crippen LogP contribution in [0.2, 0.25) is 0 Å². The first-order chi connectivity index (χ1) is 18.8. The molecule has 1 amide bonds. The molecule has 10 heteroatoms. The van der Waals surface area contributed by atoms with E-state index >= 15 is 0 Å². The number of methoxy groups -OCH3 is 3. The van der Waals surface area contributed by atoms with Crippen LogP contribution in [0.25, 0.3) is 0 Å².